The summed E-state index contributed by atoms with van der Waals surface area (Å²) in [6, 6.07) is 11.9. The van der Waals surface area contributed by atoms with E-state index in [0.717, 1.165) is 50.6 Å². The minimum atomic E-state index is 0.0574. The first-order valence-electron chi connectivity index (χ1n) is 8.52. The van der Waals surface area contributed by atoms with Gasteiger partial charge < -0.3 is 14.7 Å². The molecule has 2 aromatic rings. The van der Waals surface area contributed by atoms with Crippen LogP contribution in [0.1, 0.15) is 15.9 Å². The standard InChI is InChI=1S/C19H22N4O/c1-21-11-13-22(14-12-21)18-16(6-4-9-20-18)19(24)23-10-8-15-5-2-3-7-17(15)23/h2-7,9H,8,10-14H2,1H3. The zero-order valence-electron chi connectivity index (χ0n) is 14.0. The van der Waals surface area contributed by atoms with Gasteiger partial charge in [0.15, 0.2) is 0 Å². The molecule has 124 valence electrons. The lowest BCUT2D eigenvalue weighted by atomic mass is 10.1. The average molecular weight is 322 g/mol. The number of likely N-dealkylation sites (N-methyl/N-ethyl adjacent to an activating group) is 1. The lowest BCUT2D eigenvalue weighted by Crippen LogP contribution is -2.45. The molecule has 1 aromatic carbocycles. The number of amides is 1. The number of carbonyl (C=O) groups excluding carboxylic acids is 1. The monoisotopic (exact) mass is 322 g/mol. The van der Waals surface area contributed by atoms with Crippen LogP contribution in [0.2, 0.25) is 0 Å². The fraction of sp³-hybridized carbons (Fsp3) is 0.368. The third kappa shape index (κ3) is 2.65. The highest BCUT2D eigenvalue weighted by Gasteiger charge is 2.28. The summed E-state index contributed by atoms with van der Waals surface area (Å²) in [6.45, 7) is 4.55. The normalized spacial score (nSPS) is 17.9. The molecule has 2 aliphatic rings. The average Bonchev–Trinajstić information content (AvgIpc) is 3.06. The molecule has 24 heavy (non-hydrogen) atoms. The van der Waals surface area contributed by atoms with Crippen LogP contribution in [0.15, 0.2) is 42.6 Å². The number of para-hydroxylation sites is 1. The molecule has 5 nitrogen and oxygen atoms in total. The fourth-order valence-electron chi connectivity index (χ4n) is 3.53. The summed E-state index contributed by atoms with van der Waals surface area (Å²) in [7, 11) is 2.13. The number of nitrogens with zero attached hydrogens (tertiary/aromatic N) is 4. The van der Waals surface area contributed by atoms with E-state index >= 15 is 0 Å². The molecule has 0 N–H and O–H groups in total. The lowest BCUT2D eigenvalue weighted by Gasteiger charge is -2.34. The van der Waals surface area contributed by atoms with Crippen molar-refractivity contribution in [3.05, 3.63) is 53.7 Å². The van der Waals surface area contributed by atoms with E-state index in [-0.39, 0.29) is 5.91 Å². The second kappa shape index (κ2) is 6.24. The smallest absolute Gasteiger partial charge is 0.262 e. The summed E-state index contributed by atoms with van der Waals surface area (Å²) >= 11 is 0. The van der Waals surface area contributed by atoms with Crippen LogP contribution in [0, 0.1) is 0 Å². The Morgan fingerprint density at radius 3 is 2.62 bits per heavy atom. The zero-order chi connectivity index (χ0) is 16.5. The van der Waals surface area contributed by atoms with Crippen LogP contribution in [0.25, 0.3) is 0 Å². The van der Waals surface area contributed by atoms with E-state index in [0.29, 0.717) is 5.56 Å². The molecule has 1 fully saturated rings. The van der Waals surface area contributed by atoms with Gasteiger partial charge in [-0.15, -0.1) is 0 Å². The third-order valence-corrected chi connectivity index (χ3v) is 4.95. The molecule has 0 saturated carbocycles. The van der Waals surface area contributed by atoms with Gasteiger partial charge in [0, 0.05) is 44.6 Å². The Hall–Kier alpha value is -2.40. The van der Waals surface area contributed by atoms with Gasteiger partial charge in [-0.3, -0.25) is 4.79 Å². The van der Waals surface area contributed by atoms with Gasteiger partial charge in [0.1, 0.15) is 5.82 Å². The van der Waals surface area contributed by atoms with Gasteiger partial charge in [0.2, 0.25) is 0 Å². The van der Waals surface area contributed by atoms with Crippen LogP contribution < -0.4 is 9.80 Å². The van der Waals surface area contributed by atoms with Crippen molar-refractivity contribution in [2.45, 2.75) is 6.42 Å². The van der Waals surface area contributed by atoms with Crippen LogP contribution in [0.4, 0.5) is 11.5 Å². The summed E-state index contributed by atoms with van der Waals surface area (Å²) < 4.78 is 0. The predicted octanol–water partition coefficient (Wildman–Crippen LogP) is 2.04. The van der Waals surface area contributed by atoms with Crippen LogP contribution in [-0.2, 0) is 6.42 Å². The van der Waals surface area contributed by atoms with E-state index < -0.39 is 0 Å². The fourth-order valence-corrected chi connectivity index (χ4v) is 3.53. The molecule has 1 amide bonds. The first-order chi connectivity index (χ1) is 11.7. The second-order valence-corrected chi connectivity index (χ2v) is 6.50. The minimum absolute atomic E-state index is 0.0574. The Bertz CT molecular complexity index is 753. The van der Waals surface area contributed by atoms with Crippen molar-refractivity contribution in [1.29, 1.82) is 0 Å². The molecular formula is C19H22N4O. The van der Waals surface area contributed by atoms with E-state index in [4.69, 9.17) is 0 Å². The molecule has 0 atom stereocenters. The molecule has 4 rings (SSSR count). The summed E-state index contributed by atoms with van der Waals surface area (Å²) in [5, 5.41) is 0. The van der Waals surface area contributed by atoms with E-state index in [1.54, 1.807) is 6.20 Å². The van der Waals surface area contributed by atoms with Crippen molar-refractivity contribution >= 4 is 17.4 Å². The summed E-state index contributed by atoms with van der Waals surface area (Å²) in [6.07, 6.45) is 2.70. The molecule has 0 spiro atoms. The van der Waals surface area contributed by atoms with Crippen molar-refractivity contribution in [3.8, 4) is 0 Å². The Balaban J connectivity index is 1.64. The molecule has 0 radical (unpaired) electrons. The first kappa shape index (κ1) is 15.1. The number of anilines is 2. The van der Waals surface area contributed by atoms with Crippen molar-refractivity contribution in [2.24, 2.45) is 0 Å². The number of hydrogen-bond acceptors (Lipinski definition) is 4. The number of fused-ring (bicyclic) bond motifs is 1. The van der Waals surface area contributed by atoms with Gasteiger partial charge in [-0.2, -0.15) is 0 Å². The molecule has 1 saturated heterocycles. The number of hydrogen-bond donors (Lipinski definition) is 0. The van der Waals surface area contributed by atoms with Crippen molar-refractivity contribution < 1.29 is 4.79 Å². The van der Waals surface area contributed by atoms with Crippen molar-refractivity contribution in [3.63, 3.8) is 0 Å². The van der Waals surface area contributed by atoms with E-state index in [9.17, 15) is 4.79 Å². The number of benzene rings is 1. The van der Waals surface area contributed by atoms with Crippen molar-refractivity contribution in [1.82, 2.24) is 9.88 Å². The SMILES string of the molecule is CN1CCN(c2ncccc2C(=O)N2CCc3ccccc32)CC1. The van der Waals surface area contributed by atoms with E-state index in [2.05, 4.69) is 27.9 Å². The molecule has 0 unspecified atom stereocenters. The first-order valence-corrected chi connectivity index (χ1v) is 8.52. The van der Waals surface area contributed by atoms with Gasteiger partial charge in [0.05, 0.1) is 5.56 Å². The highest BCUT2D eigenvalue weighted by atomic mass is 16.2. The number of rotatable bonds is 2. The maximum Gasteiger partial charge on any atom is 0.262 e. The molecular weight excluding hydrogens is 300 g/mol. The molecule has 3 heterocycles. The number of aromatic nitrogens is 1. The van der Waals surface area contributed by atoms with Crippen LogP contribution in [-0.4, -0.2) is 55.6 Å². The molecule has 5 heteroatoms. The topological polar surface area (TPSA) is 39.7 Å². The highest BCUT2D eigenvalue weighted by Crippen LogP contribution is 2.30. The number of pyridine rings is 1. The van der Waals surface area contributed by atoms with Gasteiger partial charge in [-0.25, -0.2) is 4.98 Å². The van der Waals surface area contributed by atoms with Crippen molar-refractivity contribution in [2.75, 3.05) is 49.6 Å². The van der Waals surface area contributed by atoms with Gasteiger partial charge in [-0.05, 0) is 37.2 Å². The Morgan fingerprint density at radius 1 is 1.00 bits per heavy atom. The Kier molecular flexibility index (Phi) is 3.94. The van der Waals surface area contributed by atoms with Gasteiger partial charge >= 0.3 is 0 Å². The van der Waals surface area contributed by atoms with Gasteiger partial charge in [-0.1, -0.05) is 18.2 Å². The maximum absolute atomic E-state index is 13.2. The van der Waals surface area contributed by atoms with E-state index in [1.807, 2.05) is 35.2 Å². The highest BCUT2D eigenvalue weighted by molar-refractivity contribution is 6.10. The molecule has 2 aliphatic heterocycles. The quantitative estimate of drug-likeness (QED) is 0.848. The molecule has 0 aliphatic carbocycles. The predicted molar refractivity (Wildman–Crippen MR) is 95.8 cm³/mol. The summed E-state index contributed by atoms with van der Waals surface area (Å²) in [4.78, 5) is 24.2. The minimum Gasteiger partial charge on any atom is -0.353 e. The Morgan fingerprint density at radius 2 is 1.79 bits per heavy atom. The van der Waals surface area contributed by atoms with Crippen LogP contribution >= 0.6 is 0 Å². The Labute approximate surface area is 142 Å². The number of carbonyl (C=O) groups is 1. The molecule has 0 bridgehead atoms. The van der Waals surface area contributed by atoms with Crippen LogP contribution in [0.5, 0.6) is 0 Å². The zero-order valence-corrected chi connectivity index (χ0v) is 14.0. The number of piperazine rings is 1. The largest absolute Gasteiger partial charge is 0.353 e. The summed E-state index contributed by atoms with van der Waals surface area (Å²) in [5.41, 5.74) is 2.99. The third-order valence-electron chi connectivity index (χ3n) is 4.95. The maximum atomic E-state index is 13.2. The molecule has 1 aromatic heterocycles. The van der Waals surface area contributed by atoms with Gasteiger partial charge in [0.25, 0.3) is 5.91 Å². The summed E-state index contributed by atoms with van der Waals surface area (Å²) in [5.74, 6) is 0.877. The second-order valence-electron chi connectivity index (χ2n) is 6.50. The van der Waals surface area contributed by atoms with E-state index in [1.165, 1.54) is 5.56 Å². The van der Waals surface area contributed by atoms with Crippen LogP contribution in [0.3, 0.4) is 0 Å². The lowest BCUT2D eigenvalue weighted by molar-refractivity contribution is 0.0989.